The smallest absolute Gasteiger partial charge is 0.0558 e. The van der Waals surface area contributed by atoms with Crippen LogP contribution in [0.4, 0.5) is 0 Å². The second-order valence-corrected chi connectivity index (χ2v) is 5.63. The van der Waals surface area contributed by atoms with E-state index in [1.807, 2.05) is 0 Å². The SMILES string of the molecule is CC1CC(C)CC(N(CCO)C(C)C)C1. The molecule has 1 saturated carbocycles. The van der Waals surface area contributed by atoms with Crippen LogP contribution in [0.1, 0.15) is 47.0 Å². The zero-order valence-corrected chi connectivity index (χ0v) is 10.7. The molecule has 0 saturated heterocycles. The van der Waals surface area contributed by atoms with Gasteiger partial charge in [0.25, 0.3) is 0 Å². The number of rotatable bonds is 4. The maximum atomic E-state index is 9.11. The van der Waals surface area contributed by atoms with Crippen LogP contribution in [0.25, 0.3) is 0 Å². The molecule has 2 heteroatoms. The molecule has 15 heavy (non-hydrogen) atoms. The van der Waals surface area contributed by atoms with Gasteiger partial charge in [-0.1, -0.05) is 13.8 Å². The minimum Gasteiger partial charge on any atom is -0.395 e. The van der Waals surface area contributed by atoms with Gasteiger partial charge >= 0.3 is 0 Å². The summed E-state index contributed by atoms with van der Waals surface area (Å²) in [6.07, 6.45) is 3.99. The van der Waals surface area contributed by atoms with Crippen LogP contribution in [-0.2, 0) is 0 Å². The first-order valence-electron chi connectivity index (χ1n) is 6.41. The van der Waals surface area contributed by atoms with E-state index < -0.39 is 0 Å². The Morgan fingerprint density at radius 3 is 2.07 bits per heavy atom. The van der Waals surface area contributed by atoms with Crippen LogP contribution in [-0.4, -0.2) is 35.2 Å². The fourth-order valence-electron chi connectivity index (χ4n) is 3.15. The summed E-state index contributed by atoms with van der Waals surface area (Å²) < 4.78 is 0. The van der Waals surface area contributed by atoms with Gasteiger partial charge in [0.1, 0.15) is 0 Å². The lowest BCUT2D eigenvalue weighted by Gasteiger charge is -2.41. The topological polar surface area (TPSA) is 23.5 Å². The van der Waals surface area contributed by atoms with Crippen molar-refractivity contribution in [2.24, 2.45) is 11.8 Å². The van der Waals surface area contributed by atoms with E-state index >= 15 is 0 Å². The maximum absolute atomic E-state index is 9.11. The van der Waals surface area contributed by atoms with E-state index in [1.165, 1.54) is 19.3 Å². The molecule has 1 N–H and O–H groups in total. The van der Waals surface area contributed by atoms with E-state index in [4.69, 9.17) is 5.11 Å². The van der Waals surface area contributed by atoms with Crippen molar-refractivity contribution in [3.05, 3.63) is 0 Å². The molecule has 1 fully saturated rings. The van der Waals surface area contributed by atoms with E-state index in [-0.39, 0.29) is 6.61 Å². The molecule has 0 amide bonds. The molecule has 0 aromatic rings. The van der Waals surface area contributed by atoms with Crippen LogP contribution < -0.4 is 0 Å². The number of aliphatic hydroxyl groups is 1. The second-order valence-electron chi connectivity index (χ2n) is 5.63. The van der Waals surface area contributed by atoms with Crippen LogP contribution >= 0.6 is 0 Å². The van der Waals surface area contributed by atoms with Crippen LogP contribution in [0.5, 0.6) is 0 Å². The number of hydrogen-bond donors (Lipinski definition) is 1. The van der Waals surface area contributed by atoms with Crippen molar-refractivity contribution in [2.75, 3.05) is 13.2 Å². The van der Waals surface area contributed by atoms with Crippen molar-refractivity contribution in [1.29, 1.82) is 0 Å². The first kappa shape index (κ1) is 13.0. The number of hydrogen-bond acceptors (Lipinski definition) is 2. The quantitative estimate of drug-likeness (QED) is 0.775. The molecule has 1 aliphatic carbocycles. The first-order valence-corrected chi connectivity index (χ1v) is 6.41. The third-order valence-corrected chi connectivity index (χ3v) is 3.64. The summed E-state index contributed by atoms with van der Waals surface area (Å²) in [6, 6.07) is 1.25. The number of aliphatic hydroxyl groups excluding tert-OH is 1. The number of nitrogens with zero attached hydrogens (tertiary/aromatic N) is 1. The molecule has 2 unspecified atom stereocenters. The van der Waals surface area contributed by atoms with Gasteiger partial charge in [-0.2, -0.15) is 0 Å². The van der Waals surface area contributed by atoms with Crippen molar-refractivity contribution < 1.29 is 5.11 Å². The standard InChI is InChI=1S/C13H27NO/c1-10(2)14(5-6-15)13-8-11(3)7-12(4)9-13/h10-13,15H,5-9H2,1-4H3. The molecule has 2 atom stereocenters. The molecule has 2 nitrogen and oxygen atoms in total. The van der Waals surface area contributed by atoms with Gasteiger partial charge in [-0.3, -0.25) is 4.90 Å². The summed E-state index contributed by atoms with van der Waals surface area (Å²) in [6.45, 7) is 10.3. The molecule has 0 spiro atoms. The molecule has 1 aliphatic rings. The first-order chi connectivity index (χ1) is 7.04. The van der Waals surface area contributed by atoms with E-state index in [9.17, 15) is 0 Å². The lowest BCUT2D eigenvalue weighted by molar-refractivity contribution is 0.0658. The third-order valence-electron chi connectivity index (χ3n) is 3.64. The summed E-state index contributed by atoms with van der Waals surface area (Å²) in [7, 11) is 0. The Labute approximate surface area is 94.7 Å². The Bertz CT molecular complexity index is 171. The minimum absolute atomic E-state index is 0.289. The zero-order chi connectivity index (χ0) is 11.4. The lowest BCUT2D eigenvalue weighted by atomic mass is 9.79. The van der Waals surface area contributed by atoms with Crippen LogP contribution in [0.2, 0.25) is 0 Å². The summed E-state index contributed by atoms with van der Waals surface area (Å²) in [5.41, 5.74) is 0. The molecular weight excluding hydrogens is 186 g/mol. The van der Waals surface area contributed by atoms with Gasteiger partial charge < -0.3 is 5.11 Å². The molecule has 1 rings (SSSR count). The largest absolute Gasteiger partial charge is 0.395 e. The molecule has 0 aromatic carbocycles. The van der Waals surface area contributed by atoms with Gasteiger partial charge in [-0.05, 0) is 44.9 Å². The predicted octanol–water partition coefficient (Wildman–Crippen LogP) is 2.51. The van der Waals surface area contributed by atoms with Crippen molar-refractivity contribution >= 4 is 0 Å². The highest BCUT2D eigenvalue weighted by Crippen LogP contribution is 2.32. The third kappa shape index (κ3) is 3.76. The highest BCUT2D eigenvalue weighted by molar-refractivity contribution is 4.83. The molecule has 0 bridgehead atoms. The van der Waals surface area contributed by atoms with Gasteiger partial charge in [-0.25, -0.2) is 0 Å². The molecular formula is C13H27NO. The van der Waals surface area contributed by atoms with Crippen LogP contribution in [0.15, 0.2) is 0 Å². The van der Waals surface area contributed by atoms with Gasteiger partial charge in [0, 0.05) is 18.6 Å². The summed E-state index contributed by atoms with van der Waals surface area (Å²) in [5.74, 6) is 1.69. The van der Waals surface area contributed by atoms with Crippen molar-refractivity contribution in [2.45, 2.75) is 59.0 Å². The second kappa shape index (κ2) is 5.86. The molecule has 0 aliphatic heterocycles. The monoisotopic (exact) mass is 213 g/mol. The average Bonchev–Trinajstić information content (AvgIpc) is 2.11. The summed E-state index contributed by atoms with van der Waals surface area (Å²) in [4.78, 5) is 2.48. The molecule has 0 heterocycles. The van der Waals surface area contributed by atoms with Gasteiger partial charge in [0.05, 0.1) is 6.61 Å². The fourth-order valence-corrected chi connectivity index (χ4v) is 3.15. The average molecular weight is 213 g/mol. The van der Waals surface area contributed by atoms with E-state index in [2.05, 4.69) is 32.6 Å². The highest BCUT2D eigenvalue weighted by atomic mass is 16.3. The summed E-state index contributed by atoms with van der Waals surface area (Å²) >= 11 is 0. The van der Waals surface area contributed by atoms with Gasteiger partial charge in [0.15, 0.2) is 0 Å². The van der Waals surface area contributed by atoms with Crippen molar-refractivity contribution in [3.63, 3.8) is 0 Å². The molecule has 90 valence electrons. The van der Waals surface area contributed by atoms with E-state index in [0.717, 1.165) is 18.4 Å². The van der Waals surface area contributed by atoms with E-state index in [0.29, 0.717) is 12.1 Å². The Morgan fingerprint density at radius 2 is 1.67 bits per heavy atom. The van der Waals surface area contributed by atoms with E-state index in [1.54, 1.807) is 0 Å². The fraction of sp³-hybridized carbons (Fsp3) is 1.00. The predicted molar refractivity (Wildman–Crippen MR) is 64.9 cm³/mol. The van der Waals surface area contributed by atoms with Crippen LogP contribution in [0.3, 0.4) is 0 Å². The van der Waals surface area contributed by atoms with Crippen LogP contribution in [0, 0.1) is 11.8 Å². The van der Waals surface area contributed by atoms with Crippen molar-refractivity contribution in [3.8, 4) is 0 Å². The zero-order valence-electron chi connectivity index (χ0n) is 10.7. The van der Waals surface area contributed by atoms with Gasteiger partial charge in [0.2, 0.25) is 0 Å². The molecule has 0 radical (unpaired) electrons. The maximum Gasteiger partial charge on any atom is 0.0558 e. The Hall–Kier alpha value is -0.0800. The highest BCUT2D eigenvalue weighted by Gasteiger charge is 2.29. The minimum atomic E-state index is 0.289. The normalized spacial score (nSPS) is 32.6. The molecule has 0 aromatic heterocycles. The van der Waals surface area contributed by atoms with Gasteiger partial charge in [-0.15, -0.1) is 0 Å². The Balaban J connectivity index is 2.57. The van der Waals surface area contributed by atoms with Crippen molar-refractivity contribution in [1.82, 2.24) is 4.90 Å². The summed E-state index contributed by atoms with van der Waals surface area (Å²) in [5, 5.41) is 9.11. The Morgan fingerprint density at radius 1 is 1.13 bits per heavy atom. The lowest BCUT2D eigenvalue weighted by Crippen LogP contribution is -2.45. The Kier molecular flexibility index (Phi) is 5.07.